The molecule has 2 N–H and O–H groups in total. The zero-order valence-corrected chi connectivity index (χ0v) is 10.00. The molecule has 0 aromatic rings. The third-order valence-corrected chi connectivity index (χ3v) is 3.55. The second kappa shape index (κ2) is 5.72. The molecular weight excluding hydrogens is 172 g/mol. The van der Waals surface area contributed by atoms with Gasteiger partial charge in [-0.05, 0) is 45.2 Å². The SMILES string of the molecule is CC(C)C(N)CCN1CCCCC1C. The van der Waals surface area contributed by atoms with E-state index in [1.54, 1.807) is 0 Å². The van der Waals surface area contributed by atoms with Crippen LogP contribution < -0.4 is 5.73 Å². The third kappa shape index (κ3) is 3.58. The number of hydrogen-bond donors (Lipinski definition) is 1. The Labute approximate surface area is 88.8 Å². The molecule has 2 nitrogen and oxygen atoms in total. The van der Waals surface area contributed by atoms with E-state index in [2.05, 4.69) is 25.7 Å². The van der Waals surface area contributed by atoms with Gasteiger partial charge in [0.2, 0.25) is 0 Å². The maximum atomic E-state index is 6.05. The Balaban J connectivity index is 2.22. The Kier molecular flexibility index (Phi) is 4.90. The van der Waals surface area contributed by atoms with Crippen molar-refractivity contribution in [3.63, 3.8) is 0 Å². The molecule has 1 fully saturated rings. The number of nitrogens with zero attached hydrogens (tertiary/aromatic N) is 1. The predicted octanol–water partition coefficient (Wildman–Crippen LogP) is 2.23. The van der Waals surface area contributed by atoms with E-state index in [4.69, 9.17) is 5.73 Å². The molecule has 0 aromatic heterocycles. The van der Waals surface area contributed by atoms with E-state index in [0.717, 1.165) is 12.5 Å². The van der Waals surface area contributed by atoms with Crippen molar-refractivity contribution in [2.24, 2.45) is 11.7 Å². The first-order valence-corrected chi connectivity index (χ1v) is 6.11. The first kappa shape index (κ1) is 12.0. The maximum Gasteiger partial charge on any atom is 0.00740 e. The highest BCUT2D eigenvalue weighted by molar-refractivity contribution is 4.75. The zero-order valence-electron chi connectivity index (χ0n) is 10.00. The topological polar surface area (TPSA) is 29.3 Å². The molecule has 0 spiro atoms. The first-order valence-electron chi connectivity index (χ1n) is 6.11. The minimum atomic E-state index is 0.379. The van der Waals surface area contributed by atoms with Crippen LogP contribution in [-0.2, 0) is 0 Å². The Bertz CT molecular complexity index is 156. The lowest BCUT2D eigenvalue weighted by Gasteiger charge is -2.34. The molecule has 0 saturated carbocycles. The number of rotatable bonds is 4. The van der Waals surface area contributed by atoms with Crippen LogP contribution in [0, 0.1) is 5.92 Å². The van der Waals surface area contributed by atoms with Crippen molar-refractivity contribution in [3.05, 3.63) is 0 Å². The highest BCUT2D eigenvalue weighted by atomic mass is 15.2. The molecule has 1 aliphatic heterocycles. The Hall–Kier alpha value is -0.0800. The minimum Gasteiger partial charge on any atom is -0.327 e. The minimum absolute atomic E-state index is 0.379. The summed E-state index contributed by atoms with van der Waals surface area (Å²) in [5, 5.41) is 0. The molecule has 1 saturated heterocycles. The molecule has 84 valence electrons. The predicted molar refractivity (Wildman–Crippen MR) is 62.3 cm³/mol. The van der Waals surface area contributed by atoms with Crippen molar-refractivity contribution in [3.8, 4) is 0 Å². The molecule has 0 aliphatic carbocycles. The van der Waals surface area contributed by atoms with Gasteiger partial charge in [0.25, 0.3) is 0 Å². The second-order valence-corrected chi connectivity index (χ2v) is 5.08. The molecule has 0 aromatic carbocycles. The van der Waals surface area contributed by atoms with Crippen molar-refractivity contribution in [2.45, 2.75) is 58.5 Å². The average Bonchev–Trinajstić information content (AvgIpc) is 2.16. The zero-order chi connectivity index (χ0) is 10.6. The van der Waals surface area contributed by atoms with Crippen molar-refractivity contribution >= 4 is 0 Å². The fraction of sp³-hybridized carbons (Fsp3) is 1.00. The van der Waals surface area contributed by atoms with E-state index in [1.165, 1.54) is 32.4 Å². The van der Waals surface area contributed by atoms with Gasteiger partial charge < -0.3 is 10.6 Å². The van der Waals surface area contributed by atoms with Gasteiger partial charge in [-0.15, -0.1) is 0 Å². The van der Waals surface area contributed by atoms with Crippen LogP contribution >= 0.6 is 0 Å². The lowest BCUT2D eigenvalue weighted by atomic mass is 9.99. The van der Waals surface area contributed by atoms with Crippen molar-refractivity contribution in [2.75, 3.05) is 13.1 Å². The van der Waals surface area contributed by atoms with Crippen LogP contribution in [0.15, 0.2) is 0 Å². The summed E-state index contributed by atoms with van der Waals surface area (Å²) >= 11 is 0. The normalized spacial score (nSPS) is 26.8. The third-order valence-electron chi connectivity index (χ3n) is 3.55. The summed E-state index contributed by atoms with van der Waals surface area (Å²) in [6.07, 6.45) is 5.31. The van der Waals surface area contributed by atoms with E-state index < -0.39 is 0 Å². The molecule has 0 bridgehead atoms. The van der Waals surface area contributed by atoms with E-state index in [0.29, 0.717) is 12.0 Å². The molecule has 2 unspecified atom stereocenters. The molecular formula is C12H26N2. The standard InChI is InChI=1S/C12H26N2/c1-10(2)12(13)7-9-14-8-5-4-6-11(14)3/h10-12H,4-9,13H2,1-3H3. The second-order valence-electron chi connectivity index (χ2n) is 5.08. The summed E-state index contributed by atoms with van der Waals surface area (Å²) in [6.45, 7) is 9.25. The summed E-state index contributed by atoms with van der Waals surface area (Å²) in [4.78, 5) is 2.60. The first-order chi connectivity index (χ1) is 6.61. The molecule has 1 heterocycles. The van der Waals surface area contributed by atoms with Crippen molar-refractivity contribution < 1.29 is 0 Å². The Morgan fingerprint density at radius 1 is 1.36 bits per heavy atom. The molecule has 0 amide bonds. The molecule has 0 radical (unpaired) electrons. The van der Waals surface area contributed by atoms with Crippen molar-refractivity contribution in [1.82, 2.24) is 4.90 Å². The summed E-state index contributed by atoms with van der Waals surface area (Å²) in [5.74, 6) is 0.620. The van der Waals surface area contributed by atoms with Gasteiger partial charge in [-0.25, -0.2) is 0 Å². The molecule has 1 rings (SSSR count). The van der Waals surface area contributed by atoms with Crippen LogP contribution in [0.25, 0.3) is 0 Å². The Morgan fingerprint density at radius 3 is 2.64 bits per heavy atom. The largest absolute Gasteiger partial charge is 0.327 e. The van der Waals surface area contributed by atoms with Gasteiger partial charge in [0, 0.05) is 12.1 Å². The number of nitrogens with two attached hydrogens (primary N) is 1. The van der Waals surface area contributed by atoms with Crippen LogP contribution in [0.2, 0.25) is 0 Å². The van der Waals surface area contributed by atoms with Gasteiger partial charge in [0.15, 0.2) is 0 Å². The monoisotopic (exact) mass is 198 g/mol. The van der Waals surface area contributed by atoms with E-state index >= 15 is 0 Å². The molecule has 2 atom stereocenters. The fourth-order valence-electron chi connectivity index (χ4n) is 2.14. The van der Waals surface area contributed by atoms with Crippen LogP contribution in [0.4, 0.5) is 0 Å². The van der Waals surface area contributed by atoms with Gasteiger partial charge in [-0.3, -0.25) is 0 Å². The summed E-state index contributed by atoms with van der Waals surface area (Å²) in [7, 11) is 0. The smallest absolute Gasteiger partial charge is 0.00740 e. The summed E-state index contributed by atoms with van der Waals surface area (Å²) in [5.41, 5.74) is 6.05. The molecule has 2 heteroatoms. The van der Waals surface area contributed by atoms with Gasteiger partial charge in [0.1, 0.15) is 0 Å². The summed E-state index contributed by atoms with van der Waals surface area (Å²) in [6, 6.07) is 1.16. The van der Waals surface area contributed by atoms with Gasteiger partial charge >= 0.3 is 0 Å². The van der Waals surface area contributed by atoms with Crippen LogP contribution in [-0.4, -0.2) is 30.1 Å². The number of likely N-dealkylation sites (tertiary alicyclic amines) is 1. The lowest BCUT2D eigenvalue weighted by molar-refractivity contribution is 0.152. The molecule has 1 aliphatic rings. The van der Waals surface area contributed by atoms with E-state index in [-0.39, 0.29) is 0 Å². The van der Waals surface area contributed by atoms with Gasteiger partial charge in [0.05, 0.1) is 0 Å². The summed E-state index contributed by atoms with van der Waals surface area (Å²) < 4.78 is 0. The van der Waals surface area contributed by atoms with Gasteiger partial charge in [-0.2, -0.15) is 0 Å². The van der Waals surface area contributed by atoms with Gasteiger partial charge in [-0.1, -0.05) is 20.3 Å². The maximum absolute atomic E-state index is 6.05. The quantitative estimate of drug-likeness (QED) is 0.750. The van der Waals surface area contributed by atoms with E-state index in [1.807, 2.05) is 0 Å². The fourth-order valence-corrected chi connectivity index (χ4v) is 2.14. The number of hydrogen-bond acceptors (Lipinski definition) is 2. The number of piperidine rings is 1. The van der Waals surface area contributed by atoms with Crippen LogP contribution in [0.3, 0.4) is 0 Å². The average molecular weight is 198 g/mol. The van der Waals surface area contributed by atoms with Crippen molar-refractivity contribution in [1.29, 1.82) is 0 Å². The highest BCUT2D eigenvalue weighted by Gasteiger charge is 2.18. The lowest BCUT2D eigenvalue weighted by Crippen LogP contribution is -2.40. The molecule has 14 heavy (non-hydrogen) atoms. The Morgan fingerprint density at radius 2 is 2.07 bits per heavy atom. The van der Waals surface area contributed by atoms with E-state index in [9.17, 15) is 0 Å². The van der Waals surface area contributed by atoms with Crippen LogP contribution in [0.5, 0.6) is 0 Å². The highest BCUT2D eigenvalue weighted by Crippen LogP contribution is 2.17. The van der Waals surface area contributed by atoms with Crippen LogP contribution in [0.1, 0.15) is 46.5 Å².